The Bertz CT molecular complexity index is 768. The highest BCUT2D eigenvalue weighted by Crippen LogP contribution is 2.21. The Hall–Kier alpha value is -2.53. The third kappa shape index (κ3) is 3.94. The number of ether oxygens (including phenoxy) is 1. The minimum absolute atomic E-state index is 0.0258. The molecule has 130 valence electrons. The van der Waals surface area contributed by atoms with Gasteiger partial charge in [-0.15, -0.1) is 0 Å². The second kappa shape index (κ2) is 7.57. The number of esters is 1. The van der Waals surface area contributed by atoms with Crippen molar-refractivity contribution in [2.24, 2.45) is 0 Å². The van der Waals surface area contributed by atoms with Gasteiger partial charge in [0, 0.05) is 42.5 Å². The second-order valence-electron chi connectivity index (χ2n) is 5.83. The summed E-state index contributed by atoms with van der Waals surface area (Å²) >= 11 is 6.04. The molecule has 1 amide bonds. The summed E-state index contributed by atoms with van der Waals surface area (Å²) in [5.74, 6) is -0.434. The van der Waals surface area contributed by atoms with Crippen LogP contribution in [0.2, 0.25) is 5.02 Å². The number of anilines is 1. The van der Waals surface area contributed by atoms with Gasteiger partial charge >= 0.3 is 5.97 Å². The first-order valence-corrected chi connectivity index (χ1v) is 8.44. The smallest absolute Gasteiger partial charge is 0.337 e. The maximum absolute atomic E-state index is 12.6. The molecule has 0 radical (unpaired) electrons. The lowest BCUT2D eigenvalue weighted by Gasteiger charge is -2.36. The molecule has 0 N–H and O–H groups in total. The Balaban J connectivity index is 1.62. The molecule has 6 heteroatoms. The zero-order chi connectivity index (χ0) is 17.8. The van der Waals surface area contributed by atoms with Gasteiger partial charge in [0.05, 0.1) is 12.7 Å². The summed E-state index contributed by atoms with van der Waals surface area (Å²) in [7, 11) is 1.33. The Kier molecular flexibility index (Phi) is 5.24. The number of carbonyl (C=O) groups is 2. The number of amides is 1. The molecule has 3 rings (SSSR count). The fourth-order valence-electron chi connectivity index (χ4n) is 2.89. The lowest BCUT2D eigenvalue weighted by atomic mass is 10.1. The van der Waals surface area contributed by atoms with Crippen molar-refractivity contribution in [2.45, 2.75) is 0 Å². The van der Waals surface area contributed by atoms with Gasteiger partial charge in [-0.1, -0.05) is 17.7 Å². The second-order valence-corrected chi connectivity index (χ2v) is 6.26. The molecule has 0 unspecified atom stereocenters. The number of nitrogens with zero attached hydrogens (tertiary/aromatic N) is 2. The summed E-state index contributed by atoms with van der Waals surface area (Å²) in [5.41, 5.74) is 2.08. The van der Waals surface area contributed by atoms with E-state index in [1.165, 1.54) is 7.11 Å². The van der Waals surface area contributed by atoms with Gasteiger partial charge in [0.1, 0.15) is 0 Å². The van der Waals surface area contributed by atoms with E-state index in [-0.39, 0.29) is 5.91 Å². The highest BCUT2D eigenvalue weighted by atomic mass is 35.5. The predicted molar refractivity (Wildman–Crippen MR) is 97.4 cm³/mol. The van der Waals surface area contributed by atoms with Crippen molar-refractivity contribution < 1.29 is 14.3 Å². The van der Waals surface area contributed by atoms with Gasteiger partial charge in [-0.2, -0.15) is 0 Å². The fraction of sp³-hybridized carbons (Fsp3) is 0.263. The Morgan fingerprint density at radius 2 is 1.60 bits per heavy atom. The molecular weight excluding hydrogens is 340 g/mol. The van der Waals surface area contributed by atoms with Crippen LogP contribution in [0.1, 0.15) is 20.7 Å². The third-order valence-corrected chi connectivity index (χ3v) is 4.53. The number of rotatable bonds is 3. The van der Waals surface area contributed by atoms with Gasteiger partial charge in [-0.25, -0.2) is 4.79 Å². The molecular formula is C19H19ClN2O3. The first-order chi connectivity index (χ1) is 12.1. The van der Waals surface area contributed by atoms with E-state index in [0.717, 1.165) is 18.8 Å². The molecule has 0 aromatic heterocycles. The van der Waals surface area contributed by atoms with E-state index in [1.807, 2.05) is 29.2 Å². The molecule has 0 bridgehead atoms. The van der Waals surface area contributed by atoms with Crippen molar-refractivity contribution in [1.82, 2.24) is 4.90 Å². The minimum atomic E-state index is -0.408. The summed E-state index contributed by atoms with van der Waals surface area (Å²) in [4.78, 5) is 28.1. The lowest BCUT2D eigenvalue weighted by molar-refractivity contribution is 0.0599. The van der Waals surface area contributed by atoms with Crippen molar-refractivity contribution in [3.63, 3.8) is 0 Å². The van der Waals surface area contributed by atoms with Crippen LogP contribution in [0.4, 0.5) is 5.69 Å². The average molecular weight is 359 g/mol. The van der Waals surface area contributed by atoms with E-state index in [9.17, 15) is 9.59 Å². The third-order valence-electron chi connectivity index (χ3n) is 4.29. The van der Waals surface area contributed by atoms with Crippen molar-refractivity contribution in [2.75, 3.05) is 38.2 Å². The van der Waals surface area contributed by atoms with Crippen LogP contribution in [-0.2, 0) is 4.74 Å². The molecule has 0 spiro atoms. The van der Waals surface area contributed by atoms with E-state index >= 15 is 0 Å². The lowest BCUT2D eigenvalue weighted by Crippen LogP contribution is -2.48. The van der Waals surface area contributed by atoms with Gasteiger partial charge < -0.3 is 14.5 Å². The van der Waals surface area contributed by atoms with Crippen LogP contribution >= 0.6 is 11.6 Å². The van der Waals surface area contributed by atoms with Crippen LogP contribution in [-0.4, -0.2) is 50.1 Å². The van der Waals surface area contributed by atoms with Crippen LogP contribution in [0, 0.1) is 0 Å². The summed E-state index contributed by atoms with van der Waals surface area (Å²) in [6, 6.07) is 14.3. The molecule has 1 aliphatic rings. The molecule has 1 fully saturated rings. The number of hydrogen-bond donors (Lipinski definition) is 0. The van der Waals surface area contributed by atoms with Gasteiger partial charge in [-0.05, 0) is 42.5 Å². The maximum atomic E-state index is 12.6. The number of hydrogen-bond acceptors (Lipinski definition) is 4. The molecule has 2 aromatic rings. The van der Waals surface area contributed by atoms with E-state index < -0.39 is 5.97 Å². The first kappa shape index (κ1) is 17.3. The van der Waals surface area contributed by atoms with Crippen LogP contribution in [0.3, 0.4) is 0 Å². The molecule has 2 aromatic carbocycles. The summed E-state index contributed by atoms with van der Waals surface area (Å²) < 4.78 is 4.67. The normalized spacial score (nSPS) is 14.3. The van der Waals surface area contributed by atoms with Crippen molar-refractivity contribution in [3.8, 4) is 0 Å². The van der Waals surface area contributed by atoms with Gasteiger partial charge in [-0.3, -0.25) is 4.79 Å². The Morgan fingerprint density at radius 3 is 2.20 bits per heavy atom. The maximum Gasteiger partial charge on any atom is 0.337 e. The van der Waals surface area contributed by atoms with Crippen LogP contribution in [0.15, 0.2) is 48.5 Å². The molecule has 0 saturated carbocycles. The molecule has 25 heavy (non-hydrogen) atoms. The monoisotopic (exact) mass is 358 g/mol. The molecule has 0 aliphatic carbocycles. The van der Waals surface area contributed by atoms with Crippen LogP contribution in [0.5, 0.6) is 0 Å². The van der Waals surface area contributed by atoms with Gasteiger partial charge in [0.15, 0.2) is 0 Å². The minimum Gasteiger partial charge on any atom is -0.465 e. The van der Waals surface area contributed by atoms with E-state index in [1.54, 1.807) is 24.3 Å². The van der Waals surface area contributed by atoms with E-state index in [0.29, 0.717) is 29.2 Å². The van der Waals surface area contributed by atoms with Crippen molar-refractivity contribution in [3.05, 3.63) is 64.7 Å². The molecule has 1 heterocycles. The number of benzene rings is 2. The van der Waals surface area contributed by atoms with Crippen molar-refractivity contribution >= 4 is 29.2 Å². The fourth-order valence-corrected chi connectivity index (χ4v) is 3.07. The van der Waals surface area contributed by atoms with Crippen LogP contribution in [0.25, 0.3) is 0 Å². The molecule has 5 nitrogen and oxygen atoms in total. The van der Waals surface area contributed by atoms with E-state index in [4.69, 9.17) is 11.6 Å². The predicted octanol–water partition coefficient (Wildman–Crippen LogP) is 3.09. The largest absolute Gasteiger partial charge is 0.465 e. The Labute approximate surface area is 151 Å². The summed E-state index contributed by atoms with van der Waals surface area (Å²) in [6.07, 6.45) is 0. The van der Waals surface area contributed by atoms with Crippen LogP contribution < -0.4 is 4.90 Å². The molecule has 1 aliphatic heterocycles. The summed E-state index contributed by atoms with van der Waals surface area (Å²) in [5, 5.41) is 0.710. The van der Waals surface area contributed by atoms with Gasteiger partial charge in [0.2, 0.25) is 0 Å². The molecule has 0 atom stereocenters. The SMILES string of the molecule is COC(=O)c1ccc(C(=O)N2CCN(c3cccc(Cl)c3)CC2)cc1. The Morgan fingerprint density at radius 1 is 0.960 bits per heavy atom. The molecule has 1 saturated heterocycles. The topological polar surface area (TPSA) is 49.9 Å². The quantitative estimate of drug-likeness (QED) is 0.791. The number of piperazine rings is 1. The standard InChI is InChI=1S/C19H19ClN2O3/c1-25-19(24)15-7-5-14(6-8-15)18(23)22-11-9-21(10-12-22)17-4-2-3-16(20)13-17/h2-8,13H,9-12H2,1H3. The van der Waals surface area contributed by atoms with E-state index in [2.05, 4.69) is 9.64 Å². The van der Waals surface area contributed by atoms with Crippen molar-refractivity contribution in [1.29, 1.82) is 0 Å². The average Bonchev–Trinajstić information content (AvgIpc) is 2.67. The number of methoxy groups -OCH3 is 1. The zero-order valence-electron chi connectivity index (χ0n) is 13.9. The number of halogens is 1. The zero-order valence-corrected chi connectivity index (χ0v) is 14.7. The summed E-state index contributed by atoms with van der Waals surface area (Å²) in [6.45, 7) is 2.80. The highest BCUT2D eigenvalue weighted by molar-refractivity contribution is 6.30. The number of carbonyl (C=O) groups excluding carboxylic acids is 2. The highest BCUT2D eigenvalue weighted by Gasteiger charge is 2.22. The first-order valence-electron chi connectivity index (χ1n) is 8.06. The van der Waals surface area contributed by atoms with Gasteiger partial charge in [0.25, 0.3) is 5.91 Å².